The van der Waals surface area contributed by atoms with E-state index in [1.807, 2.05) is 72.8 Å². The number of aromatic nitrogens is 3. The summed E-state index contributed by atoms with van der Waals surface area (Å²) in [6.45, 7) is -6.56. The largest absolute Gasteiger partial charge is 3.00 e. The third-order valence-corrected chi connectivity index (χ3v) is 13.0. The number of halogens is 5. The summed E-state index contributed by atoms with van der Waals surface area (Å²) in [5.74, 6) is -5.32. The molecule has 12 rings (SSSR count). The molecule has 0 radical (unpaired) electrons. The second-order valence-corrected chi connectivity index (χ2v) is 17.7. The first-order chi connectivity index (χ1) is 42.5. The fraction of sp³-hybridized carbons (Fsp3) is 0.106. The van der Waals surface area contributed by atoms with Crippen LogP contribution in [0.5, 0.6) is 0 Å². The van der Waals surface area contributed by atoms with Crippen LogP contribution in [0.4, 0.5) is 27.6 Å². The molecule has 11 heteroatoms. The van der Waals surface area contributed by atoms with E-state index in [1.165, 1.54) is 12.3 Å². The van der Waals surface area contributed by atoms with Gasteiger partial charge in [-0.3, -0.25) is 22.5 Å². The Hall–Kier alpha value is -8.37. The van der Waals surface area contributed by atoms with Crippen molar-refractivity contribution in [3.05, 3.63) is 263 Å². The summed E-state index contributed by atoms with van der Waals surface area (Å²) in [5, 5.41) is 4.79. The van der Waals surface area contributed by atoms with Gasteiger partial charge in [-0.15, -0.1) is 54.1 Å². The summed E-state index contributed by atoms with van der Waals surface area (Å²) in [5.41, 5.74) is -1.56. The number of hydrogen-bond donors (Lipinski definition) is 0. The molecule has 0 amide bonds. The number of aryl methyl sites for hydroxylation is 6. The van der Waals surface area contributed by atoms with Crippen molar-refractivity contribution in [3.63, 3.8) is 0 Å². The van der Waals surface area contributed by atoms with Crippen molar-refractivity contribution in [3.8, 4) is 78.3 Å². The molecule has 7 aromatic carbocycles. The van der Waals surface area contributed by atoms with Gasteiger partial charge in [0.05, 0.1) is 17.5 Å². The molecular formula is C66H44F5IrN5+. The molecule has 0 aliphatic carbocycles. The summed E-state index contributed by atoms with van der Waals surface area (Å²) in [6, 6.07) is 40.8. The van der Waals surface area contributed by atoms with Gasteiger partial charge in [-0.25, -0.2) is 4.39 Å². The van der Waals surface area contributed by atoms with E-state index in [0.717, 1.165) is 71.3 Å². The smallest absolute Gasteiger partial charge is 0.304 e. The van der Waals surface area contributed by atoms with Crippen molar-refractivity contribution in [2.24, 2.45) is 5.11 Å². The van der Waals surface area contributed by atoms with Gasteiger partial charge in [0.25, 0.3) is 0 Å². The Morgan fingerprint density at radius 1 is 0.545 bits per heavy atom. The molecule has 2 aliphatic heterocycles. The van der Waals surface area contributed by atoms with Crippen LogP contribution in [-0.4, -0.2) is 19.6 Å². The topological polar surface area (TPSA) is 54.0 Å². The Balaban J connectivity index is 0.00000850. The third kappa shape index (κ3) is 10.0. The number of benzene rings is 7. The number of pyridine rings is 3. The average Bonchev–Trinajstić information content (AvgIpc) is 1.62. The minimum absolute atomic E-state index is 0. The Labute approximate surface area is 476 Å². The van der Waals surface area contributed by atoms with E-state index in [2.05, 4.69) is 28.2 Å². The maximum atomic E-state index is 16.5. The second kappa shape index (κ2) is 21.3. The van der Waals surface area contributed by atoms with Crippen LogP contribution in [0.2, 0.25) is 0 Å². The van der Waals surface area contributed by atoms with Crippen LogP contribution in [0.1, 0.15) is 64.2 Å². The van der Waals surface area contributed by atoms with Crippen molar-refractivity contribution in [1.29, 1.82) is 0 Å². The van der Waals surface area contributed by atoms with E-state index in [4.69, 9.17) is 18.3 Å². The minimum Gasteiger partial charge on any atom is -0.304 e. The van der Waals surface area contributed by atoms with Crippen LogP contribution in [0.25, 0.3) is 78.3 Å². The van der Waals surface area contributed by atoms with E-state index in [0.29, 0.717) is 58.2 Å². The maximum Gasteiger partial charge on any atom is 3.00 e. The van der Waals surface area contributed by atoms with Crippen molar-refractivity contribution in [1.82, 2.24) is 15.0 Å². The fourth-order valence-corrected chi connectivity index (χ4v) is 9.40. The van der Waals surface area contributed by atoms with Gasteiger partial charge in [-0.2, -0.15) is 0 Å². The van der Waals surface area contributed by atoms with Crippen LogP contribution in [0, 0.1) is 61.0 Å². The molecule has 0 N–H and O–H groups in total. The minimum atomic E-state index is -3.55. The molecule has 77 heavy (non-hydrogen) atoms. The zero-order valence-electron chi connectivity index (χ0n) is 53.8. The van der Waals surface area contributed by atoms with Gasteiger partial charge in [-0.05, 0) is 123 Å². The zero-order chi connectivity index (χ0) is 64.2. The van der Waals surface area contributed by atoms with Crippen molar-refractivity contribution in [2.45, 2.75) is 45.2 Å². The molecule has 0 saturated heterocycles. The van der Waals surface area contributed by atoms with Crippen molar-refractivity contribution in [2.75, 3.05) is 0 Å². The molecule has 1 unspecified atom stereocenters. The molecule has 5 heterocycles. The molecule has 3 aromatic heterocycles. The molecule has 5 nitrogen and oxygen atoms in total. The van der Waals surface area contributed by atoms with Gasteiger partial charge in [0.1, 0.15) is 5.82 Å². The predicted molar refractivity (Wildman–Crippen MR) is 286 cm³/mol. The van der Waals surface area contributed by atoms with Crippen molar-refractivity contribution < 1.29 is 65.9 Å². The Morgan fingerprint density at radius 3 is 1.79 bits per heavy atom. The molecule has 376 valence electrons. The van der Waals surface area contributed by atoms with E-state index in [9.17, 15) is 19.7 Å². The van der Waals surface area contributed by atoms with E-state index in [-0.39, 0.29) is 36.8 Å². The SMILES string of the molecule is [2H]C([2H])([2H])c1cc(-c2[c-]cc(F)cc2F)ncc1C([2H])([2H])C([2H])([2H])c1cc(-c2cc(F)ccc2-c2cnc3c(c2-c2ccc(-c4ccccc4)cc2)[N+]2=NC=CC2c2ccc[c-]c2-3)cc(C([2H])([2H])C([2H])([2H])c2cnc(-c3[c-]cc(F)cc3F)cc2C([2H])([2H])[2H])c1.[Ir+3]. The maximum absolute atomic E-state index is 16.5. The Kier molecular flexibility index (Phi) is 10.1. The van der Waals surface area contributed by atoms with Gasteiger partial charge in [0.2, 0.25) is 5.69 Å². The summed E-state index contributed by atoms with van der Waals surface area (Å²) >= 11 is 0. The predicted octanol–water partition coefficient (Wildman–Crippen LogP) is 16.5. The summed E-state index contributed by atoms with van der Waals surface area (Å²) in [4.78, 5) is 13.2. The Bertz CT molecular complexity index is 4470. The quantitative estimate of drug-likeness (QED) is 0.0696. The summed E-state index contributed by atoms with van der Waals surface area (Å²) in [7, 11) is 0. The van der Waals surface area contributed by atoms with Crippen LogP contribution >= 0.6 is 0 Å². The normalized spacial score (nSPS) is 16.9. The first kappa shape index (κ1) is 36.6. The summed E-state index contributed by atoms with van der Waals surface area (Å²) in [6.07, 6.45) is -7.76. The molecule has 0 saturated carbocycles. The fourth-order valence-electron chi connectivity index (χ4n) is 9.40. The second-order valence-electron chi connectivity index (χ2n) is 17.7. The first-order valence-corrected chi connectivity index (χ1v) is 23.6. The van der Waals surface area contributed by atoms with Crippen LogP contribution in [0.15, 0.2) is 182 Å². The number of rotatable bonds is 12. The number of fused-ring (bicyclic) bond motifs is 6. The van der Waals surface area contributed by atoms with Crippen LogP contribution < -0.4 is 0 Å². The van der Waals surface area contributed by atoms with E-state index < -0.39 is 130 Å². The molecule has 0 fully saturated rings. The molecular weight excluding hydrogens is 1150 g/mol. The van der Waals surface area contributed by atoms with Crippen LogP contribution in [-0.2, 0) is 45.6 Å². The third-order valence-electron chi connectivity index (χ3n) is 13.0. The molecule has 2 aliphatic rings. The van der Waals surface area contributed by atoms with Crippen molar-refractivity contribution >= 4 is 5.69 Å². The number of hydrogen-bond acceptors (Lipinski definition) is 4. The summed E-state index contributed by atoms with van der Waals surface area (Å²) < 4.78 is 206. The van der Waals surface area contributed by atoms with Gasteiger partial charge >= 0.3 is 20.1 Å². The van der Waals surface area contributed by atoms with Gasteiger partial charge in [-0.1, -0.05) is 136 Å². The van der Waals surface area contributed by atoms with Gasteiger partial charge in [0.15, 0.2) is 6.04 Å². The van der Waals surface area contributed by atoms with Crippen LogP contribution in [0.3, 0.4) is 0 Å². The first-order valence-electron chi connectivity index (χ1n) is 30.6. The standard InChI is InChI=1S/C66H44F5N5.Ir/c1-39-28-61(55-24-21-50(68)34-59(55)70)72-36-46(39)14-12-41-30-42(13-15-47-37-73-62(29-40(47)2)56-25-22-51(69)35-60(56)71)32-48(31-41)57-33-49(67)20-23-52(57)58-38-74-65-54-11-7-6-10-53(54)63-26-27-75-76(63)66(65)64(58)45-18-16-44(17-19-45)43-8-4-3-5-9-43;/h3-10,16-23,26-38,63H,12-15H2,1-2H3;/q-2;+3/i1D3,2D3,12D2,13D2,14D2,15D2;. The Morgan fingerprint density at radius 2 is 1.17 bits per heavy atom. The van der Waals surface area contributed by atoms with Gasteiger partial charge in [0, 0.05) is 72.7 Å². The molecule has 1 atom stereocenters. The average molecular weight is 1210 g/mol. The molecule has 0 spiro atoms. The monoisotopic (exact) mass is 1210 g/mol. The van der Waals surface area contributed by atoms with Gasteiger partial charge < -0.3 is 9.97 Å². The van der Waals surface area contributed by atoms with E-state index in [1.54, 1.807) is 17.0 Å². The number of nitrogens with zero attached hydrogens (tertiary/aromatic N) is 5. The zero-order valence-corrected chi connectivity index (χ0v) is 42.2. The number of azo groups is 2. The molecule has 0 bridgehead atoms. The van der Waals surface area contributed by atoms with E-state index >= 15 is 13.2 Å². The molecule has 10 aromatic rings.